The number of nitrogens with zero attached hydrogens (tertiary/aromatic N) is 2. The molecule has 10 heteroatoms. The van der Waals surface area contributed by atoms with Crippen LogP contribution in [0.3, 0.4) is 0 Å². The van der Waals surface area contributed by atoms with Crippen molar-refractivity contribution in [2.75, 3.05) is 23.5 Å². The predicted octanol–water partition coefficient (Wildman–Crippen LogP) is 2.84. The Labute approximate surface area is 182 Å². The van der Waals surface area contributed by atoms with Gasteiger partial charge in [-0.25, -0.2) is 0 Å². The van der Waals surface area contributed by atoms with Crippen molar-refractivity contribution in [3.8, 4) is 17.0 Å². The quantitative estimate of drug-likeness (QED) is 0.483. The van der Waals surface area contributed by atoms with Crippen LogP contribution in [-0.4, -0.2) is 39.9 Å². The van der Waals surface area contributed by atoms with Crippen LogP contribution < -0.4 is 20.9 Å². The number of aromatic nitrogens is 3. The molecule has 0 spiro atoms. The number of anilines is 2. The van der Waals surface area contributed by atoms with Crippen LogP contribution in [-0.2, 0) is 9.59 Å². The van der Waals surface area contributed by atoms with E-state index in [-0.39, 0.29) is 28.4 Å². The first-order valence-electron chi connectivity index (χ1n) is 9.28. The van der Waals surface area contributed by atoms with Crippen molar-refractivity contribution in [2.45, 2.75) is 19.0 Å². The van der Waals surface area contributed by atoms with Crippen LogP contribution in [0.2, 0.25) is 0 Å². The Morgan fingerprint density at radius 1 is 1.10 bits per heavy atom. The summed E-state index contributed by atoms with van der Waals surface area (Å²) >= 11 is 1.06. The van der Waals surface area contributed by atoms with Crippen molar-refractivity contribution in [3.63, 3.8) is 0 Å². The Bertz CT molecular complexity index is 1160. The molecule has 0 bridgehead atoms. The maximum Gasteiger partial charge on any atom is 0.278 e. The van der Waals surface area contributed by atoms with Gasteiger partial charge in [0, 0.05) is 18.2 Å². The maximum atomic E-state index is 12.6. The molecule has 2 amide bonds. The number of benzene rings is 2. The molecular weight excluding hydrogens is 418 g/mol. The van der Waals surface area contributed by atoms with Gasteiger partial charge in [-0.05, 0) is 36.8 Å². The van der Waals surface area contributed by atoms with Gasteiger partial charge in [0.2, 0.25) is 11.8 Å². The summed E-state index contributed by atoms with van der Waals surface area (Å²) in [4.78, 5) is 38.9. The topological polar surface area (TPSA) is 126 Å². The van der Waals surface area contributed by atoms with Crippen molar-refractivity contribution >= 4 is 35.0 Å². The van der Waals surface area contributed by atoms with Crippen LogP contribution in [0, 0.1) is 6.92 Å². The van der Waals surface area contributed by atoms with E-state index >= 15 is 0 Å². The predicted molar refractivity (Wildman–Crippen MR) is 119 cm³/mol. The summed E-state index contributed by atoms with van der Waals surface area (Å²) in [5, 5.41) is 13.7. The van der Waals surface area contributed by atoms with Crippen LogP contribution in [0.25, 0.3) is 11.3 Å². The van der Waals surface area contributed by atoms with Gasteiger partial charge in [0.25, 0.3) is 5.56 Å². The number of H-pyrrole nitrogens is 1. The Kier molecular flexibility index (Phi) is 7.03. The van der Waals surface area contributed by atoms with Gasteiger partial charge >= 0.3 is 0 Å². The van der Waals surface area contributed by atoms with Crippen molar-refractivity contribution in [1.29, 1.82) is 0 Å². The number of methoxy groups -OCH3 is 1. The molecule has 0 aliphatic heterocycles. The van der Waals surface area contributed by atoms with E-state index in [4.69, 9.17) is 4.74 Å². The Hall–Kier alpha value is -3.66. The van der Waals surface area contributed by atoms with Crippen LogP contribution in [0.15, 0.2) is 52.4 Å². The summed E-state index contributed by atoms with van der Waals surface area (Å²) in [5.41, 5.74) is 2.02. The largest absolute Gasteiger partial charge is 0.497 e. The molecule has 2 aromatic carbocycles. The molecule has 0 saturated carbocycles. The highest BCUT2D eigenvalue weighted by molar-refractivity contribution is 7.99. The van der Waals surface area contributed by atoms with Crippen LogP contribution in [0.5, 0.6) is 5.75 Å². The molecule has 0 aliphatic carbocycles. The zero-order valence-corrected chi connectivity index (χ0v) is 18.0. The SMILES string of the molecule is COc1ccc(NC(=O)CSc2nnc(-c3cccc(C)c3NC(C)=O)c(=O)[nH]2)cc1. The number of aryl methyl sites for hydroxylation is 1. The van der Waals surface area contributed by atoms with Crippen LogP contribution in [0.4, 0.5) is 11.4 Å². The molecule has 0 unspecified atom stereocenters. The molecule has 0 saturated heterocycles. The zero-order valence-electron chi connectivity index (χ0n) is 17.2. The number of carbonyl (C=O) groups excluding carboxylic acids is 2. The standard InChI is InChI=1S/C21H21N5O4S/c1-12-5-4-6-16(18(12)22-13(2)27)19-20(29)24-21(26-25-19)31-11-17(28)23-14-7-9-15(30-3)10-8-14/h4-10H,11H2,1-3H3,(H,22,27)(H,23,28)(H,24,26,29). The minimum atomic E-state index is -0.467. The number of nitrogens with one attached hydrogen (secondary N) is 3. The summed E-state index contributed by atoms with van der Waals surface area (Å²) in [7, 11) is 1.57. The lowest BCUT2D eigenvalue weighted by Gasteiger charge is -2.11. The number of ether oxygens (including phenoxy) is 1. The maximum absolute atomic E-state index is 12.6. The van der Waals surface area contributed by atoms with Gasteiger partial charge in [0.15, 0.2) is 10.9 Å². The number of thioether (sulfide) groups is 1. The molecular formula is C21H21N5O4S. The van der Waals surface area contributed by atoms with E-state index in [0.29, 0.717) is 22.7 Å². The van der Waals surface area contributed by atoms with Crippen molar-refractivity contribution in [1.82, 2.24) is 15.2 Å². The average molecular weight is 439 g/mol. The molecule has 31 heavy (non-hydrogen) atoms. The van der Waals surface area contributed by atoms with Crippen molar-refractivity contribution in [3.05, 3.63) is 58.4 Å². The minimum Gasteiger partial charge on any atom is -0.497 e. The van der Waals surface area contributed by atoms with E-state index in [9.17, 15) is 14.4 Å². The third-order valence-corrected chi connectivity index (χ3v) is 5.08. The molecule has 0 fully saturated rings. The van der Waals surface area contributed by atoms with E-state index in [1.165, 1.54) is 6.92 Å². The first-order valence-corrected chi connectivity index (χ1v) is 10.3. The highest BCUT2D eigenvalue weighted by atomic mass is 32.2. The van der Waals surface area contributed by atoms with Gasteiger partial charge in [0.05, 0.1) is 18.6 Å². The fraction of sp³-hybridized carbons (Fsp3) is 0.190. The van der Waals surface area contributed by atoms with Gasteiger partial charge in [0.1, 0.15) is 5.75 Å². The monoisotopic (exact) mass is 439 g/mol. The molecule has 3 rings (SSSR count). The fourth-order valence-corrected chi connectivity index (χ4v) is 3.38. The number of carbonyl (C=O) groups is 2. The third-order valence-electron chi connectivity index (χ3n) is 4.22. The Balaban J connectivity index is 1.70. The van der Waals surface area contributed by atoms with Crippen molar-refractivity contribution in [2.24, 2.45) is 0 Å². The van der Waals surface area contributed by atoms with E-state index in [2.05, 4.69) is 25.8 Å². The summed E-state index contributed by atoms with van der Waals surface area (Å²) in [6.07, 6.45) is 0. The third kappa shape index (κ3) is 5.70. The first kappa shape index (κ1) is 22.0. The lowest BCUT2D eigenvalue weighted by atomic mass is 10.1. The van der Waals surface area contributed by atoms with Gasteiger partial charge in [-0.1, -0.05) is 30.0 Å². The second-order valence-electron chi connectivity index (χ2n) is 6.55. The van der Waals surface area contributed by atoms with Gasteiger partial charge < -0.3 is 15.4 Å². The van der Waals surface area contributed by atoms with E-state index < -0.39 is 5.56 Å². The molecule has 160 valence electrons. The highest BCUT2D eigenvalue weighted by Crippen LogP contribution is 2.27. The van der Waals surface area contributed by atoms with Crippen molar-refractivity contribution < 1.29 is 14.3 Å². The molecule has 0 atom stereocenters. The number of aromatic amines is 1. The van der Waals surface area contributed by atoms with E-state index in [1.807, 2.05) is 13.0 Å². The normalized spacial score (nSPS) is 10.4. The van der Waals surface area contributed by atoms with Gasteiger partial charge in [-0.3, -0.25) is 19.4 Å². The zero-order chi connectivity index (χ0) is 22.4. The molecule has 3 N–H and O–H groups in total. The van der Waals surface area contributed by atoms with Gasteiger partial charge in [-0.15, -0.1) is 10.2 Å². The van der Waals surface area contributed by atoms with Gasteiger partial charge in [-0.2, -0.15) is 0 Å². The summed E-state index contributed by atoms with van der Waals surface area (Å²) in [6.45, 7) is 3.21. The number of hydrogen-bond acceptors (Lipinski definition) is 7. The first-order chi connectivity index (χ1) is 14.9. The molecule has 0 radical (unpaired) electrons. The molecule has 0 aliphatic rings. The number of hydrogen-bond donors (Lipinski definition) is 3. The molecule has 1 heterocycles. The number of amides is 2. The second kappa shape index (κ2) is 9.90. The molecule has 1 aromatic heterocycles. The minimum absolute atomic E-state index is 0.0393. The second-order valence-corrected chi connectivity index (χ2v) is 7.52. The van der Waals surface area contributed by atoms with Crippen LogP contribution >= 0.6 is 11.8 Å². The van der Waals surface area contributed by atoms with Crippen LogP contribution in [0.1, 0.15) is 12.5 Å². The van der Waals surface area contributed by atoms with E-state index in [1.54, 1.807) is 43.5 Å². The Morgan fingerprint density at radius 3 is 2.48 bits per heavy atom. The number of para-hydroxylation sites is 1. The molecule has 3 aromatic rings. The van der Waals surface area contributed by atoms with E-state index in [0.717, 1.165) is 17.3 Å². The lowest BCUT2D eigenvalue weighted by Crippen LogP contribution is -2.18. The summed E-state index contributed by atoms with van der Waals surface area (Å²) < 4.78 is 5.08. The fourth-order valence-electron chi connectivity index (χ4n) is 2.78. The Morgan fingerprint density at radius 2 is 1.84 bits per heavy atom. The average Bonchev–Trinajstić information content (AvgIpc) is 2.74. The lowest BCUT2D eigenvalue weighted by molar-refractivity contribution is -0.114. The highest BCUT2D eigenvalue weighted by Gasteiger charge is 2.15. The molecule has 9 nitrogen and oxygen atoms in total. The summed E-state index contributed by atoms with van der Waals surface area (Å²) in [6, 6.07) is 12.2. The summed E-state index contributed by atoms with van der Waals surface area (Å²) in [5.74, 6) is 0.219. The number of rotatable bonds is 7. The smallest absolute Gasteiger partial charge is 0.278 e.